The van der Waals surface area contributed by atoms with Crippen LogP contribution < -0.4 is 25.7 Å². The van der Waals surface area contributed by atoms with E-state index in [2.05, 4.69) is 20.5 Å². The lowest BCUT2D eigenvalue weighted by atomic mass is 9.80. The van der Waals surface area contributed by atoms with Crippen molar-refractivity contribution in [2.45, 2.75) is 82.6 Å². The molecular weight excluding hydrogens is 576 g/mol. The summed E-state index contributed by atoms with van der Waals surface area (Å²) in [5, 5.41) is 6.25. The quantitative estimate of drug-likeness (QED) is 0.409. The minimum Gasteiger partial charge on any atom is -0.448 e. The highest BCUT2D eigenvalue weighted by Crippen LogP contribution is 2.52. The summed E-state index contributed by atoms with van der Waals surface area (Å²) in [6.45, 7) is 8.60. The zero-order chi connectivity index (χ0) is 29.8. The van der Waals surface area contributed by atoms with Gasteiger partial charge in [-0.3, -0.25) is 19.3 Å². The first-order chi connectivity index (χ1) is 20.0. The van der Waals surface area contributed by atoms with Crippen LogP contribution >= 0.6 is 23.4 Å². The fourth-order valence-electron chi connectivity index (χ4n) is 7.33. The SMILES string of the molecule is CSc1cc(C)[nH]c(=O)c1CNC(=O)c1cc(Cl)c2c(c1C)O[C@](C)([C@H]1CC[C@H](N3CCC4(CNC(=O)C4)C3)CC1)O2. The Morgan fingerprint density at radius 3 is 2.60 bits per heavy atom. The molecule has 6 rings (SSSR count). The van der Waals surface area contributed by atoms with E-state index in [9.17, 15) is 14.4 Å². The highest BCUT2D eigenvalue weighted by molar-refractivity contribution is 7.98. The van der Waals surface area contributed by atoms with E-state index in [4.69, 9.17) is 21.1 Å². The number of fused-ring (bicyclic) bond motifs is 1. The van der Waals surface area contributed by atoms with Crippen molar-refractivity contribution < 1.29 is 19.1 Å². The molecule has 1 aromatic carbocycles. The molecule has 11 heteroatoms. The maximum absolute atomic E-state index is 13.3. The second kappa shape index (κ2) is 11.1. The summed E-state index contributed by atoms with van der Waals surface area (Å²) in [6, 6.07) is 4.04. The van der Waals surface area contributed by atoms with E-state index < -0.39 is 5.79 Å². The molecule has 226 valence electrons. The average Bonchev–Trinajstić information content (AvgIpc) is 3.67. The fourth-order valence-corrected chi connectivity index (χ4v) is 8.27. The molecule has 3 fully saturated rings. The van der Waals surface area contributed by atoms with Crippen molar-refractivity contribution in [3.8, 4) is 11.5 Å². The highest BCUT2D eigenvalue weighted by Gasteiger charge is 2.50. The molecule has 1 unspecified atom stereocenters. The number of hydrogen-bond donors (Lipinski definition) is 3. The monoisotopic (exact) mass is 614 g/mol. The molecule has 1 aromatic heterocycles. The number of benzene rings is 1. The third kappa shape index (κ3) is 5.30. The Morgan fingerprint density at radius 1 is 1.17 bits per heavy atom. The summed E-state index contributed by atoms with van der Waals surface area (Å²) >= 11 is 8.14. The van der Waals surface area contributed by atoms with Crippen LogP contribution in [0.5, 0.6) is 11.5 Å². The molecule has 2 aromatic rings. The summed E-state index contributed by atoms with van der Waals surface area (Å²) in [5.74, 6) is 0.158. The Labute approximate surface area is 255 Å². The van der Waals surface area contributed by atoms with Gasteiger partial charge in [-0.15, -0.1) is 11.8 Å². The summed E-state index contributed by atoms with van der Waals surface area (Å²) in [7, 11) is 0. The molecule has 42 heavy (non-hydrogen) atoms. The molecule has 1 aliphatic carbocycles. The molecule has 4 heterocycles. The van der Waals surface area contributed by atoms with E-state index in [1.807, 2.05) is 33.1 Å². The summed E-state index contributed by atoms with van der Waals surface area (Å²) in [6.07, 6.45) is 7.67. The van der Waals surface area contributed by atoms with Gasteiger partial charge in [0.2, 0.25) is 5.91 Å². The second-order valence-electron chi connectivity index (χ2n) is 12.6. The number of amides is 2. The Hall–Kier alpha value is -2.69. The smallest absolute Gasteiger partial charge is 0.254 e. The first-order valence-corrected chi connectivity index (χ1v) is 16.4. The van der Waals surface area contributed by atoms with Gasteiger partial charge in [-0.05, 0) is 70.9 Å². The number of carbonyl (C=O) groups excluding carboxylic acids is 2. The first kappa shape index (κ1) is 29.4. The number of carbonyl (C=O) groups is 2. The van der Waals surface area contributed by atoms with Crippen LogP contribution in [0.4, 0.5) is 0 Å². The van der Waals surface area contributed by atoms with E-state index >= 15 is 0 Å². The van der Waals surface area contributed by atoms with Gasteiger partial charge in [0, 0.05) is 77.6 Å². The maximum atomic E-state index is 13.3. The van der Waals surface area contributed by atoms with Gasteiger partial charge in [-0.2, -0.15) is 0 Å². The minimum atomic E-state index is -0.868. The van der Waals surface area contributed by atoms with Gasteiger partial charge in [-0.1, -0.05) is 11.6 Å². The molecule has 2 amide bonds. The zero-order valence-electron chi connectivity index (χ0n) is 24.7. The van der Waals surface area contributed by atoms with Gasteiger partial charge in [0.25, 0.3) is 17.3 Å². The molecule has 1 spiro atoms. The molecule has 0 radical (unpaired) electrons. The number of hydrogen-bond acceptors (Lipinski definition) is 7. The van der Waals surface area contributed by atoms with Crippen LogP contribution in [0, 0.1) is 25.2 Å². The van der Waals surface area contributed by atoms with E-state index in [0.717, 1.165) is 62.3 Å². The van der Waals surface area contributed by atoms with Crippen LogP contribution in [0.3, 0.4) is 0 Å². The number of aryl methyl sites for hydroxylation is 1. The average molecular weight is 615 g/mol. The maximum Gasteiger partial charge on any atom is 0.254 e. The molecule has 4 aliphatic rings. The van der Waals surface area contributed by atoms with Gasteiger partial charge < -0.3 is 25.1 Å². The number of pyridine rings is 1. The van der Waals surface area contributed by atoms with Gasteiger partial charge in [0.15, 0.2) is 11.5 Å². The fraction of sp³-hybridized carbons (Fsp3) is 0.581. The first-order valence-electron chi connectivity index (χ1n) is 14.8. The second-order valence-corrected chi connectivity index (χ2v) is 13.9. The molecule has 2 atom stereocenters. The predicted octanol–water partition coefficient (Wildman–Crippen LogP) is 4.56. The summed E-state index contributed by atoms with van der Waals surface area (Å²) in [4.78, 5) is 43.9. The summed E-state index contributed by atoms with van der Waals surface area (Å²) in [5.41, 5.74) is 2.26. The van der Waals surface area contributed by atoms with Gasteiger partial charge in [0.1, 0.15) is 0 Å². The molecule has 3 aliphatic heterocycles. The van der Waals surface area contributed by atoms with Crippen molar-refractivity contribution in [2.75, 3.05) is 25.9 Å². The van der Waals surface area contributed by atoms with E-state index in [1.165, 1.54) is 11.8 Å². The molecule has 1 saturated carbocycles. The normalized spacial score (nSPS) is 28.8. The van der Waals surface area contributed by atoms with Crippen molar-refractivity contribution in [1.82, 2.24) is 20.5 Å². The van der Waals surface area contributed by atoms with Crippen LogP contribution in [0.2, 0.25) is 5.02 Å². The Bertz CT molecular complexity index is 1490. The van der Waals surface area contributed by atoms with Crippen molar-refractivity contribution in [1.29, 1.82) is 0 Å². The van der Waals surface area contributed by atoms with Gasteiger partial charge >= 0.3 is 0 Å². The van der Waals surface area contributed by atoms with Crippen LogP contribution in [-0.4, -0.2) is 59.4 Å². The lowest BCUT2D eigenvalue weighted by Crippen LogP contribution is -2.47. The van der Waals surface area contributed by atoms with Crippen LogP contribution in [0.15, 0.2) is 21.8 Å². The predicted molar refractivity (Wildman–Crippen MR) is 163 cm³/mol. The van der Waals surface area contributed by atoms with Crippen LogP contribution in [-0.2, 0) is 11.3 Å². The Balaban J connectivity index is 1.11. The van der Waals surface area contributed by atoms with Gasteiger partial charge in [-0.25, -0.2) is 0 Å². The number of aromatic nitrogens is 1. The Kier molecular flexibility index (Phi) is 7.77. The van der Waals surface area contributed by atoms with Crippen LogP contribution in [0.25, 0.3) is 0 Å². The number of halogens is 1. The number of rotatable bonds is 6. The van der Waals surface area contributed by atoms with E-state index in [-0.39, 0.29) is 35.3 Å². The lowest BCUT2D eigenvalue weighted by Gasteiger charge is -2.40. The number of aromatic amines is 1. The number of ether oxygens (including phenoxy) is 2. The molecule has 0 bridgehead atoms. The zero-order valence-corrected chi connectivity index (χ0v) is 26.2. The molecular formula is C31H39ClN4O5S. The molecule has 3 N–H and O–H groups in total. The van der Waals surface area contributed by atoms with Crippen molar-refractivity contribution in [3.05, 3.63) is 49.9 Å². The summed E-state index contributed by atoms with van der Waals surface area (Å²) < 4.78 is 12.9. The van der Waals surface area contributed by atoms with Crippen molar-refractivity contribution in [3.63, 3.8) is 0 Å². The van der Waals surface area contributed by atoms with Crippen molar-refractivity contribution in [2.24, 2.45) is 11.3 Å². The number of thioether (sulfide) groups is 1. The lowest BCUT2D eigenvalue weighted by molar-refractivity contribution is -0.124. The van der Waals surface area contributed by atoms with E-state index in [1.54, 1.807) is 6.07 Å². The minimum absolute atomic E-state index is 0.0992. The number of likely N-dealkylation sites (tertiary alicyclic amines) is 1. The number of H-pyrrole nitrogens is 1. The highest BCUT2D eigenvalue weighted by atomic mass is 35.5. The number of nitrogens with zero attached hydrogens (tertiary/aromatic N) is 1. The Morgan fingerprint density at radius 2 is 1.90 bits per heavy atom. The van der Waals surface area contributed by atoms with Crippen LogP contribution in [0.1, 0.15) is 72.6 Å². The van der Waals surface area contributed by atoms with Crippen molar-refractivity contribution >= 4 is 35.2 Å². The topological polar surface area (TPSA) is 113 Å². The van der Waals surface area contributed by atoms with Gasteiger partial charge in [0.05, 0.1) is 5.02 Å². The third-order valence-corrected chi connectivity index (χ3v) is 10.9. The standard InChI is InChI=1S/C31H39ClN4O5S/c1-17-11-24(42-4)22(29(39)35-17)14-33-28(38)21-12-23(32)27-26(18(21)2)40-30(3,41-27)19-5-7-20(8-6-19)36-10-9-31(16-36)13-25(37)34-15-31/h11-12,19-20H,5-10,13-16H2,1-4H3,(H,33,38)(H,34,37)(H,35,39)/t19-,20-,30-,31?/m0/s1. The largest absolute Gasteiger partial charge is 0.448 e. The third-order valence-electron chi connectivity index (χ3n) is 9.79. The van der Waals surface area contributed by atoms with E-state index in [0.29, 0.717) is 45.7 Å². The number of nitrogens with one attached hydrogen (secondary N) is 3. The molecule has 9 nitrogen and oxygen atoms in total. The molecule has 2 saturated heterocycles.